The fourth-order valence-corrected chi connectivity index (χ4v) is 4.44. The number of benzene rings is 2. The van der Waals surface area contributed by atoms with E-state index in [1.54, 1.807) is 12.1 Å². The molecule has 49 heavy (non-hydrogen) atoms. The van der Waals surface area contributed by atoms with Gasteiger partial charge in [-0.25, -0.2) is 4.79 Å². The number of anilines is 3. The van der Waals surface area contributed by atoms with E-state index >= 15 is 0 Å². The monoisotopic (exact) mass is 706 g/mol. The van der Waals surface area contributed by atoms with Gasteiger partial charge in [-0.05, 0) is 60.7 Å². The van der Waals surface area contributed by atoms with Gasteiger partial charge in [-0.1, -0.05) is 44.0 Å². The topological polar surface area (TPSA) is 197 Å². The van der Waals surface area contributed by atoms with Crippen LogP contribution in [0.3, 0.4) is 0 Å². The summed E-state index contributed by atoms with van der Waals surface area (Å²) in [7, 11) is 0. The van der Waals surface area contributed by atoms with Crippen molar-refractivity contribution < 1.29 is 42.2 Å². The van der Waals surface area contributed by atoms with E-state index in [1.807, 2.05) is 26.0 Å². The van der Waals surface area contributed by atoms with Crippen molar-refractivity contribution in [1.82, 2.24) is 30.9 Å². The van der Waals surface area contributed by atoms with Gasteiger partial charge in [0.2, 0.25) is 11.9 Å². The summed E-state index contributed by atoms with van der Waals surface area (Å²) >= 11 is 6.00. The van der Waals surface area contributed by atoms with Crippen LogP contribution in [0, 0.1) is 5.92 Å². The molecule has 2 atom stereocenters. The maximum Gasteiger partial charge on any atom is 0.422 e. The Hall–Kier alpha value is -5.19. The molecular formula is C31H34ClF3N8O6. The summed E-state index contributed by atoms with van der Waals surface area (Å²) in [6.45, 7) is 1.90. The van der Waals surface area contributed by atoms with E-state index in [0.717, 1.165) is 12.0 Å². The third kappa shape index (κ3) is 10.9. The van der Waals surface area contributed by atoms with Crippen molar-refractivity contribution in [1.29, 1.82) is 0 Å². The number of hydrogen-bond donors (Lipinski definition) is 6. The van der Waals surface area contributed by atoms with Crippen LogP contribution in [0.5, 0.6) is 6.01 Å². The zero-order chi connectivity index (χ0) is 35.8. The minimum atomic E-state index is -4.64. The number of nitrogens with one attached hydrogen (secondary N) is 5. The Morgan fingerprint density at radius 3 is 2.12 bits per heavy atom. The SMILES string of the molecule is CCC(C)CNC(=O)C(=O)NC[C@@H](NC(=O)c1ccc(Nc2nc(NC3(c4ccc(Cl)cc4)CC3)nc(OCC(F)(F)F)n2)cc1)C(=O)O. The van der Waals surface area contributed by atoms with Gasteiger partial charge in [0.25, 0.3) is 5.91 Å². The van der Waals surface area contributed by atoms with Crippen molar-refractivity contribution in [3.05, 3.63) is 64.7 Å². The predicted octanol–water partition coefficient (Wildman–Crippen LogP) is 3.77. The molecular weight excluding hydrogens is 673 g/mol. The summed E-state index contributed by atoms with van der Waals surface area (Å²) in [5, 5.41) is 23.0. The summed E-state index contributed by atoms with van der Waals surface area (Å²) in [4.78, 5) is 60.8. The molecule has 1 heterocycles. The average Bonchev–Trinajstić information content (AvgIpc) is 3.84. The maximum atomic E-state index is 12.9. The number of rotatable bonds is 15. The van der Waals surface area contributed by atoms with Gasteiger partial charge in [0.05, 0.1) is 5.54 Å². The number of hydrogen-bond acceptors (Lipinski definition) is 10. The largest absolute Gasteiger partial charge is 0.480 e. The van der Waals surface area contributed by atoms with Gasteiger partial charge in [-0.15, -0.1) is 0 Å². The lowest BCUT2D eigenvalue weighted by atomic mass is 10.1. The minimum Gasteiger partial charge on any atom is -0.480 e. The number of carboxylic acids is 1. The van der Waals surface area contributed by atoms with Crippen LogP contribution in [0.15, 0.2) is 48.5 Å². The van der Waals surface area contributed by atoms with Crippen LogP contribution >= 0.6 is 11.6 Å². The summed E-state index contributed by atoms with van der Waals surface area (Å²) < 4.78 is 43.5. The Morgan fingerprint density at radius 2 is 1.55 bits per heavy atom. The van der Waals surface area contributed by atoms with Gasteiger partial charge in [-0.2, -0.15) is 28.1 Å². The summed E-state index contributed by atoms with van der Waals surface area (Å²) in [6, 6.07) is 10.5. The lowest BCUT2D eigenvalue weighted by Crippen LogP contribution is -2.51. The van der Waals surface area contributed by atoms with E-state index in [0.29, 0.717) is 23.6 Å². The standard InChI is InChI=1S/C31H34ClF3N8O6/c1-3-17(2)14-36-24(45)25(46)37-15-22(26(47)48)39-23(44)18-4-10-21(11-5-18)38-27-40-28(42-29(41-27)49-16-31(33,34)35)43-30(12-13-30)19-6-8-20(32)9-7-19/h4-11,17,22H,3,12-16H2,1-2H3,(H,36,45)(H,37,46)(H,39,44)(H,47,48)(H2,38,40,41,42,43)/t17?,22-/m1/s1. The molecule has 3 amide bonds. The molecule has 1 unspecified atom stereocenters. The highest BCUT2D eigenvalue weighted by Gasteiger charge is 2.45. The van der Waals surface area contributed by atoms with E-state index in [2.05, 4.69) is 41.5 Å². The van der Waals surface area contributed by atoms with Crippen LogP contribution in [-0.4, -0.2) is 75.7 Å². The molecule has 1 aliphatic carbocycles. The highest BCUT2D eigenvalue weighted by atomic mass is 35.5. The number of aliphatic carboxylic acids is 1. The van der Waals surface area contributed by atoms with Gasteiger partial charge in [0, 0.05) is 29.4 Å². The highest BCUT2D eigenvalue weighted by molar-refractivity contribution is 6.35. The van der Waals surface area contributed by atoms with Crippen molar-refractivity contribution in [2.75, 3.05) is 30.3 Å². The van der Waals surface area contributed by atoms with E-state index in [9.17, 15) is 37.5 Å². The molecule has 3 aromatic rings. The first kappa shape index (κ1) is 36.6. The first-order valence-corrected chi connectivity index (χ1v) is 15.5. The zero-order valence-electron chi connectivity index (χ0n) is 26.4. The molecule has 2 aromatic carbocycles. The van der Waals surface area contributed by atoms with Crippen LogP contribution < -0.4 is 31.3 Å². The number of carbonyl (C=O) groups excluding carboxylic acids is 3. The third-order valence-corrected chi connectivity index (χ3v) is 7.72. The molecule has 14 nitrogen and oxygen atoms in total. The smallest absolute Gasteiger partial charge is 0.422 e. The van der Waals surface area contributed by atoms with E-state index in [-0.39, 0.29) is 29.9 Å². The number of amides is 3. The van der Waals surface area contributed by atoms with Crippen LogP contribution in [0.4, 0.5) is 30.8 Å². The molecule has 1 saturated carbocycles. The third-order valence-electron chi connectivity index (χ3n) is 7.47. The molecule has 0 saturated heterocycles. The Bertz CT molecular complexity index is 1660. The molecule has 0 spiro atoms. The first-order chi connectivity index (χ1) is 23.2. The Labute approximate surface area is 283 Å². The molecule has 18 heteroatoms. The van der Waals surface area contributed by atoms with Crippen molar-refractivity contribution in [3.63, 3.8) is 0 Å². The summed E-state index contributed by atoms with van der Waals surface area (Å²) in [5.74, 6) is -4.26. The van der Waals surface area contributed by atoms with Gasteiger partial charge in [-0.3, -0.25) is 14.4 Å². The fraction of sp³-hybridized carbons (Fsp3) is 0.387. The van der Waals surface area contributed by atoms with E-state index in [1.165, 1.54) is 24.3 Å². The molecule has 0 bridgehead atoms. The quantitative estimate of drug-likeness (QED) is 0.126. The molecule has 6 N–H and O–H groups in total. The van der Waals surface area contributed by atoms with E-state index in [4.69, 9.17) is 16.3 Å². The van der Waals surface area contributed by atoms with Crippen LogP contribution in [0.2, 0.25) is 5.02 Å². The number of alkyl halides is 3. The maximum absolute atomic E-state index is 12.9. The number of nitrogens with zero attached hydrogens (tertiary/aromatic N) is 3. The minimum absolute atomic E-state index is 0.0419. The van der Waals surface area contributed by atoms with Crippen molar-refractivity contribution in [3.8, 4) is 6.01 Å². The highest BCUT2D eigenvalue weighted by Crippen LogP contribution is 2.48. The van der Waals surface area contributed by atoms with Gasteiger partial charge >= 0.3 is 30.0 Å². The molecule has 1 aliphatic rings. The molecule has 0 aliphatic heterocycles. The summed E-state index contributed by atoms with van der Waals surface area (Å²) in [6.07, 6.45) is -2.45. The van der Waals surface area contributed by atoms with Crippen molar-refractivity contribution in [2.45, 2.75) is 50.9 Å². The summed E-state index contributed by atoms with van der Waals surface area (Å²) in [5.41, 5.74) is 0.684. The van der Waals surface area contributed by atoms with Crippen LogP contribution in [-0.2, 0) is 19.9 Å². The molecule has 262 valence electrons. The predicted molar refractivity (Wildman–Crippen MR) is 171 cm³/mol. The first-order valence-electron chi connectivity index (χ1n) is 15.1. The second-order valence-electron chi connectivity index (χ2n) is 11.4. The van der Waals surface area contributed by atoms with Crippen molar-refractivity contribution >= 4 is 52.9 Å². The Kier molecular flexibility index (Phi) is 11.8. The number of halogens is 4. The number of carboxylic acid groups (broad SMARTS) is 1. The number of carbonyl (C=O) groups is 4. The normalized spacial score (nSPS) is 14.5. The zero-order valence-corrected chi connectivity index (χ0v) is 27.1. The van der Waals surface area contributed by atoms with Crippen LogP contribution in [0.25, 0.3) is 0 Å². The molecule has 1 aromatic heterocycles. The van der Waals surface area contributed by atoms with Gasteiger partial charge in [0.15, 0.2) is 6.61 Å². The number of aromatic nitrogens is 3. The lowest BCUT2D eigenvalue weighted by molar-refractivity contribution is -0.154. The second-order valence-corrected chi connectivity index (χ2v) is 11.8. The van der Waals surface area contributed by atoms with Gasteiger partial charge in [0.1, 0.15) is 6.04 Å². The second kappa shape index (κ2) is 15.8. The number of ether oxygens (including phenoxy) is 1. The molecule has 4 rings (SSSR count). The molecule has 1 fully saturated rings. The van der Waals surface area contributed by atoms with Gasteiger partial charge < -0.3 is 36.4 Å². The fourth-order valence-electron chi connectivity index (χ4n) is 4.32. The molecule has 0 radical (unpaired) electrons. The Balaban J connectivity index is 1.42. The lowest BCUT2D eigenvalue weighted by Gasteiger charge is -2.19. The average molecular weight is 707 g/mol. The van der Waals surface area contributed by atoms with Crippen molar-refractivity contribution in [2.24, 2.45) is 5.92 Å². The van der Waals surface area contributed by atoms with Crippen LogP contribution in [0.1, 0.15) is 49.0 Å². The Morgan fingerprint density at radius 1 is 0.939 bits per heavy atom. The van der Waals surface area contributed by atoms with E-state index < -0.39 is 60.6 Å².